The number of pyridine rings is 2. The largest absolute Gasteiger partial charge is 0.497 e. The molecule has 8 heterocycles. The average molecular weight is 850 g/mol. The summed E-state index contributed by atoms with van der Waals surface area (Å²) >= 11 is 10.5. The first kappa shape index (κ1) is 45.8. The standard InChI is InChI=1S/C22H25ClN2O3.C20H24N2O2.C2H3ClO2.C2H6/c1-3-14-13-25-9-7-15(14)10-20(25)22(28-21(26)12-23)17-6-8-24-19-5-4-16(27-2)11-18(17)19;1-3-13-12-22-9-7-14(13)10-19(22)20(23)16-6-8-21-18-5-4-15(24-2)11-17(16)18;3-1-2(4)5;1-2/h3-6,8,11,14-15,20,22H,1,7,9-10,12-13H2,2H3;3-6,8,11,13-14,19-20,23H,1,7,9-10,12H2,2H3;1H2,(H,4,5);1-2H3/t14?,15?,20?,22-;13?,14?,19?,20-;;/m11../s1. The lowest BCUT2D eigenvalue weighted by atomic mass is 9.73. The first-order chi connectivity index (χ1) is 28.6. The van der Waals surface area contributed by atoms with Gasteiger partial charge in [-0.3, -0.25) is 29.4 Å². The van der Waals surface area contributed by atoms with Crippen molar-refractivity contribution in [2.45, 2.75) is 63.8 Å². The number of piperidine rings is 6. The SMILES string of the molecule is C=CC1CN2CCC1CC2[C@H](O)c1ccnc2ccc(OC)cc12.C=CC1CN2CCC1CC2[C@H](OC(=O)CCl)c1ccnc2ccc(OC)cc12.CC.O=C(O)CCl. The number of aliphatic hydroxyl groups is 1. The number of alkyl halides is 2. The van der Waals surface area contributed by atoms with Crippen LogP contribution < -0.4 is 9.47 Å². The Morgan fingerprint density at radius 1 is 0.797 bits per heavy atom. The predicted molar refractivity (Wildman–Crippen MR) is 234 cm³/mol. The van der Waals surface area contributed by atoms with Gasteiger partial charge in [-0.15, -0.1) is 36.4 Å². The fraction of sp³-hybridized carbons (Fsp3) is 0.478. The van der Waals surface area contributed by atoms with Crippen molar-refractivity contribution >= 4 is 56.9 Å². The zero-order chi connectivity index (χ0) is 42.6. The summed E-state index contributed by atoms with van der Waals surface area (Å²) in [4.78, 5) is 35.2. The van der Waals surface area contributed by atoms with Gasteiger partial charge < -0.3 is 24.4 Å². The normalized spacial score (nSPS) is 26.0. The summed E-state index contributed by atoms with van der Waals surface area (Å²) in [7, 11) is 3.30. The van der Waals surface area contributed by atoms with Gasteiger partial charge in [0.2, 0.25) is 0 Å². The molecule has 4 bridgehead atoms. The number of aliphatic carboxylic acids is 1. The van der Waals surface area contributed by atoms with E-state index < -0.39 is 24.1 Å². The first-order valence-corrected chi connectivity index (χ1v) is 21.5. The highest BCUT2D eigenvalue weighted by molar-refractivity contribution is 6.26. The molecule has 4 aromatic rings. The Balaban J connectivity index is 0.000000196. The maximum atomic E-state index is 12.2. The highest BCUT2D eigenvalue weighted by atomic mass is 35.5. The van der Waals surface area contributed by atoms with Crippen molar-refractivity contribution in [2.75, 3.05) is 52.2 Å². The van der Waals surface area contributed by atoms with Crippen molar-refractivity contribution in [1.82, 2.24) is 19.8 Å². The second kappa shape index (κ2) is 21.8. The smallest absolute Gasteiger partial charge is 0.321 e. The number of aliphatic hydroxyl groups excluding tert-OH is 1. The van der Waals surface area contributed by atoms with E-state index in [1.54, 1.807) is 26.6 Å². The number of hydrogen-bond donors (Lipinski definition) is 2. The Kier molecular flexibility index (Phi) is 17.0. The summed E-state index contributed by atoms with van der Waals surface area (Å²) < 4.78 is 16.7. The quantitative estimate of drug-likeness (QED) is 0.0856. The molecule has 59 heavy (non-hydrogen) atoms. The molecule has 2 aromatic carbocycles. The summed E-state index contributed by atoms with van der Waals surface area (Å²) in [6.07, 6.45) is 11.2. The maximum absolute atomic E-state index is 12.2. The molecule has 2 aromatic heterocycles. The average Bonchev–Trinajstić information content (AvgIpc) is 3.30. The third kappa shape index (κ3) is 10.7. The number of methoxy groups -OCH3 is 2. The summed E-state index contributed by atoms with van der Waals surface area (Å²) in [5.74, 6) is 1.99. The molecule has 10 atom stereocenters. The number of rotatable bonds is 11. The number of ether oxygens (including phenoxy) is 3. The monoisotopic (exact) mass is 848 g/mol. The number of carboxylic acid groups (broad SMARTS) is 1. The lowest BCUT2D eigenvalue weighted by molar-refractivity contribution is -0.154. The van der Waals surface area contributed by atoms with Gasteiger partial charge >= 0.3 is 11.9 Å². The van der Waals surface area contributed by atoms with Crippen LogP contribution in [0.3, 0.4) is 0 Å². The summed E-state index contributed by atoms with van der Waals surface area (Å²) in [5.41, 5.74) is 3.65. The van der Waals surface area contributed by atoms with Gasteiger partial charge in [-0.25, -0.2) is 0 Å². The molecule has 318 valence electrons. The lowest BCUT2D eigenvalue weighted by Crippen LogP contribution is -2.55. The van der Waals surface area contributed by atoms with E-state index in [1.807, 2.05) is 62.4 Å². The van der Waals surface area contributed by atoms with Gasteiger partial charge in [0.05, 0.1) is 37.4 Å². The van der Waals surface area contributed by atoms with Crippen LogP contribution in [0.15, 0.2) is 86.2 Å². The third-order valence-corrected chi connectivity index (χ3v) is 12.5. The Hall–Kier alpha value is -4.26. The number of halogens is 2. The number of carboxylic acids is 1. The number of benzene rings is 2. The molecule has 6 fully saturated rings. The number of hydrogen-bond acceptors (Lipinski definition) is 10. The number of fused-ring (bicyclic) bond motifs is 8. The van der Waals surface area contributed by atoms with Gasteiger partial charge in [-0.1, -0.05) is 26.0 Å². The Labute approximate surface area is 358 Å². The van der Waals surface area contributed by atoms with Crippen LogP contribution in [-0.4, -0.2) is 106 Å². The van der Waals surface area contributed by atoms with Crippen LogP contribution in [0.1, 0.15) is 62.9 Å². The number of carbonyl (C=O) groups excluding carboxylic acids is 1. The fourth-order valence-electron chi connectivity index (χ4n) is 9.18. The summed E-state index contributed by atoms with van der Waals surface area (Å²) in [6.45, 7) is 16.0. The molecule has 6 aliphatic rings. The first-order valence-electron chi connectivity index (χ1n) is 20.4. The van der Waals surface area contributed by atoms with Gasteiger partial charge in [0.15, 0.2) is 0 Å². The molecular weight excluding hydrogens is 791 g/mol. The minimum absolute atomic E-state index is 0.124. The highest BCUT2D eigenvalue weighted by Gasteiger charge is 2.45. The highest BCUT2D eigenvalue weighted by Crippen LogP contribution is 2.44. The molecule has 0 saturated carbocycles. The van der Waals surface area contributed by atoms with Crippen molar-refractivity contribution < 1.29 is 34.0 Å². The van der Waals surface area contributed by atoms with E-state index in [2.05, 4.69) is 45.1 Å². The van der Waals surface area contributed by atoms with Gasteiger partial charge in [-0.05, 0) is 117 Å². The van der Waals surface area contributed by atoms with E-state index in [0.717, 1.165) is 89.9 Å². The van der Waals surface area contributed by atoms with Crippen LogP contribution in [0.2, 0.25) is 0 Å². The van der Waals surface area contributed by atoms with Crippen LogP contribution in [-0.2, 0) is 14.3 Å². The van der Waals surface area contributed by atoms with Crippen molar-refractivity contribution in [3.05, 3.63) is 97.4 Å². The molecule has 2 N–H and O–H groups in total. The maximum Gasteiger partial charge on any atom is 0.321 e. The van der Waals surface area contributed by atoms with E-state index in [4.69, 9.17) is 42.5 Å². The number of carbonyl (C=O) groups is 2. The van der Waals surface area contributed by atoms with Crippen molar-refractivity contribution in [3.8, 4) is 11.5 Å². The Bertz CT molecular complexity index is 2050. The number of nitrogens with zero attached hydrogens (tertiary/aromatic N) is 4. The van der Waals surface area contributed by atoms with Crippen LogP contribution in [0.25, 0.3) is 21.8 Å². The lowest BCUT2D eigenvalue weighted by Gasteiger charge is -2.51. The molecule has 13 heteroatoms. The predicted octanol–water partition coefficient (Wildman–Crippen LogP) is 8.47. The molecule has 0 amide bonds. The third-order valence-electron chi connectivity index (χ3n) is 12.1. The molecule has 10 rings (SSSR count). The van der Waals surface area contributed by atoms with Gasteiger partial charge in [0, 0.05) is 47.9 Å². The van der Waals surface area contributed by atoms with Crippen LogP contribution in [0.4, 0.5) is 0 Å². The summed E-state index contributed by atoms with van der Waals surface area (Å²) in [5, 5.41) is 20.7. The molecule has 6 aliphatic heterocycles. The fourth-order valence-corrected chi connectivity index (χ4v) is 9.24. The Morgan fingerprint density at radius 2 is 1.27 bits per heavy atom. The Morgan fingerprint density at radius 3 is 1.69 bits per heavy atom. The topological polar surface area (TPSA) is 135 Å². The van der Waals surface area contributed by atoms with Crippen LogP contribution in [0, 0.1) is 23.7 Å². The van der Waals surface area contributed by atoms with Crippen molar-refractivity contribution in [3.63, 3.8) is 0 Å². The minimum atomic E-state index is -0.980. The molecule has 0 radical (unpaired) electrons. The second-order valence-electron chi connectivity index (χ2n) is 15.1. The zero-order valence-corrected chi connectivity index (χ0v) is 36.0. The van der Waals surface area contributed by atoms with Gasteiger partial charge in [0.1, 0.15) is 29.4 Å². The zero-order valence-electron chi connectivity index (χ0n) is 34.5. The van der Waals surface area contributed by atoms with E-state index >= 15 is 0 Å². The van der Waals surface area contributed by atoms with E-state index in [0.29, 0.717) is 23.7 Å². The van der Waals surface area contributed by atoms with Crippen LogP contribution >= 0.6 is 23.2 Å². The molecule has 8 unspecified atom stereocenters. The summed E-state index contributed by atoms with van der Waals surface area (Å²) in [6, 6.07) is 15.8. The second-order valence-corrected chi connectivity index (χ2v) is 15.6. The van der Waals surface area contributed by atoms with E-state index in [9.17, 15) is 14.7 Å². The molecule has 0 spiro atoms. The van der Waals surface area contributed by atoms with Crippen molar-refractivity contribution in [1.29, 1.82) is 0 Å². The number of esters is 1. The van der Waals surface area contributed by atoms with Crippen molar-refractivity contribution in [2.24, 2.45) is 23.7 Å². The molecule has 0 aliphatic carbocycles. The van der Waals surface area contributed by atoms with Crippen LogP contribution in [0.5, 0.6) is 11.5 Å². The molecular formula is C46H58Cl2N4O7. The molecule has 11 nitrogen and oxygen atoms in total. The van der Waals surface area contributed by atoms with E-state index in [1.165, 1.54) is 6.42 Å². The minimum Gasteiger partial charge on any atom is -0.497 e. The number of aromatic nitrogens is 2. The van der Waals surface area contributed by atoms with Gasteiger partial charge in [0.25, 0.3) is 0 Å². The van der Waals surface area contributed by atoms with E-state index in [-0.39, 0.29) is 23.8 Å². The van der Waals surface area contributed by atoms with Gasteiger partial charge in [-0.2, -0.15) is 0 Å². The molecule has 6 saturated heterocycles.